The average Bonchev–Trinajstić information content (AvgIpc) is 2.93. The van der Waals surface area contributed by atoms with Crippen LogP contribution in [0.5, 0.6) is 0 Å². The summed E-state index contributed by atoms with van der Waals surface area (Å²) in [5, 5.41) is 2.69. The summed E-state index contributed by atoms with van der Waals surface area (Å²) in [5.41, 5.74) is 7.79. The standard InChI is InChI=1S/C19H21F2N3O.ClH/c20-15-6-13(7-16(21)8-15)9-23-19(25)12-24-10-17(18(22)11-24)14-4-2-1-3-5-14;/h1-8,17-18H,9-12,22H2,(H,23,25);1H/t17-,18+;/m0./s1. The van der Waals surface area contributed by atoms with Crippen LogP contribution in [0, 0.1) is 11.6 Å². The average molecular weight is 382 g/mol. The predicted molar refractivity (Wildman–Crippen MR) is 99.1 cm³/mol. The van der Waals surface area contributed by atoms with Gasteiger partial charge in [-0.1, -0.05) is 30.3 Å². The number of nitrogens with zero attached hydrogens (tertiary/aromatic N) is 1. The molecule has 0 aliphatic carbocycles. The van der Waals surface area contributed by atoms with Gasteiger partial charge in [-0.25, -0.2) is 8.78 Å². The first-order valence-corrected chi connectivity index (χ1v) is 8.26. The Labute approximate surface area is 157 Å². The van der Waals surface area contributed by atoms with Gasteiger partial charge in [0.2, 0.25) is 5.91 Å². The maximum atomic E-state index is 13.2. The molecule has 3 rings (SSSR count). The molecule has 2 aromatic carbocycles. The van der Waals surface area contributed by atoms with Gasteiger partial charge in [0.05, 0.1) is 6.54 Å². The van der Waals surface area contributed by atoms with Crippen molar-refractivity contribution >= 4 is 18.3 Å². The molecular weight excluding hydrogens is 360 g/mol. The first kappa shape index (κ1) is 20.3. The lowest BCUT2D eigenvalue weighted by Gasteiger charge is -2.16. The van der Waals surface area contributed by atoms with E-state index >= 15 is 0 Å². The lowest BCUT2D eigenvalue weighted by molar-refractivity contribution is -0.122. The van der Waals surface area contributed by atoms with Crippen LogP contribution in [0.3, 0.4) is 0 Å². The van der Waals surface area contributed by atoms with Crippen molar-refractivity contribution in [3.63, 3.8) is 0 Å². The maximum Gasteiger partial charge on any atom is 0.234 e. The highest BCUT2D eigenvalue weighted by Gasteiger charge is 2.31. The van der Waals surface area contributed by atoms with Crippen molar-refractivity contribution < 1.29 is 13.6 Å². The summed E-state index contributed by atoms with van der Waals surface area (Å²) in [6.45, 7) is 1.67. The van der Waals surface area contributed by atoms with Crippen molar-refractivity contribution in [3.8, 4) is 0 Å². The number of halogens is 3. The van der Waals surface area contributed by atoms with Gasteiger partial charge in [0.1, 0.15) is 11.6 Å². The number of hydrogen-bond donors (Lipinski definition) is 2. The Balaban J connectivity index is 0.00000243. The third kappa shape index (κ3) is 5.24. The molecule has 1 fully saturated rings. The second-order valence-corrected chi connectivity index (χ2v) is 6.43. The minimum absolute atomic E-state index is 0. The van der Waals surface area contributed by atoms with Gasteiger partial charge in [-0.15, -0.1) is 12.4 Å². The Morgan fingerprint density at radius 3 is 2.42 bits per heavy atom. The van der Waals surface area contributed by atoms with Crippen LogP contribution in [0.15, 0.2) is 48.5 Å². The van der Waals surface area contributed by atoms with E-state index in [1.54, 1.807) is 0 Å². The largest absolute Gasteiger partial charge is 0.351 e. The van der Waals surface area contributed by atoms with Crippen LogP contribution in [0.1, 0.15) is 17.0 Å². The molecule has 140 valence electrons. The molecule has 0 saturated carbocycles. The van der Waals surface area contributed by atoms with E-state index in [4.69, 9.17) is 5.73 Å². The minimum Gasteiger partial charge on any atom is -0.351 e. The predicted octanol–water partition coefficient (Wildman–Crippen LogP) is 2.43. The maximum absolute atomic E-state index is 13.2. The zero-order valence-electron chi connectivity index (χ0n) is 14.2. The second kappa shape index (κ2) is 9.07. The molecule has 3 N–H and O–H groups in total. The topological polar surface area (TPSA) is 58.4 Å². The molecule has 0 bridgehead atoms. The van der Waals surface area contributed by atoms with Crippen LogP contribution in [0.2, 0.25) is 0 Å². The van der Waals surface area contributed by atoms with E-state index < -0.39 is 11.6 Å². The number of amides is 1. The summed E-state index contributed by atoms with van der Waals surface area (Å²) in [6.07, 6.45) is 0. The van der Waals surface area contributed by atoms with E-state index in [0.717, 1.165) is 6.07 Å². The van der Waals surface area contributed by atoms with Crippen LogP contribution in [-0.2, 0) is 11.3 Å². The number of hydrogen-bond acceptors (Lipinski definition) is 3. The monoisotopic (exact) mass is 381 g/mol. The minimum atomic E-state index is -0.652. The molecule has 1 amide bonds. The van der Waals surface area contributed by atoms with Crippen molar-refractivity contribution in [1.29, 1.82) is 0 Å². The fraction of sp³-hybridized carbons (Fsp3) is 0.316. The summed E-state index contributed by atoms with van der Waals surface area (Å²) in [6, 6.07) is 13.2. The van der Waals surface area contributed by atoms with Crippen molar-refractivity contribution in [3.05, 3.63) is 71.3 Å². The Hall–Kier alpha value is -2.02. The quantitative estimate of drug-likeness (QED) is 0.836. The molecule has 0 unspecified atom stereocenters. The normalized spacial score (nSPS) is 19.8. The van der Waals surface area contributed by atoms with Crippen LogP contribution < -0.4 is 11.1 Å². The van der Waals surface area contributed by atoms with E-state index in [1.165, 1.54) is 17.7 Å². The van der Waals surface area contributed by atoms with Gasteiger partial charge in [0, 0.05) is 37.7 Å². The summed E-state index contributed by atoms with van der Waals surface area (Å²) >= 11 is 0. The molecule has 0 spiro atoms. The molecule has 1 heterocycles. The van der Waals surface area contributed by atoms with Crippen molar-refractivity contribution in [2.75, 3.05) is 19.6 Å². The highest BCUT2D eigenvalue weighted by Crippen LogP contribution is 2.25. The summed E-state index contributed by atoms with van der Waals surface area (Å²) in [4.78, 5) is 14.1. The van der Waals surface area contributed by atoms with Gasteiger partial charge in [-0.3, -0.25) is 9.69 Å². The summed E-state index contributed by atoms with van der Waals surface area (Å²) < 4.78 is 26.3. The number of nitrogens with two attached hydrogens (primary N) is 1. The van der Waals surface area contributed by atoms with E-state index in [0.29, 0.717) is 18.7 Å². The smallest absolute Gasteiger partial charge is 0.234 e. The van der Waals surface area contributed by atoms with Crippen molar-refractivity contribution in [2.45, 2.75) is 18.5 Å². The van der Waals surface area contributed by atoms with Crippen LogP contribution in [0.25, 0.3) is 0 Å². The van der Waals surface area contributed by atoms with Crippen LogP contribution in [0.4, 0.5) is 8.78 Å². The number of nitrogens with one attached hydrogen (secondary N) is 1. The van der Waals surface area contributed by atoms with E-state index in [2.05, 4.69) is 5.32 Å². The first-order valence-electron chi connectivity index (χ1n) is 8.26. The third-order valence-electron chi connectivity index (χ3n) is 4.45. The number of rotatable bonds is 5. The number of carbonyl (C=O) groups excluding carboxylic acids is 1. The Kier molecular flexibility index (Phi) is 7.08. The van der Waals surface area contributed by atoms with Gasteiger partial charge in [-0.2, -0.15) is 0 Å². The molecule has 0 radical (unpaired) electrons. The lowest BCUT2D eigenvalue weighted by Crippen LogP contribution is -2.37. The molecule has 1 aliphatic heterocycles. The Morgan fingerprint density at radius 1 is 1.12 bits per heavy atom. The zero-order chi connectivity index (χ0) is 17.8. The van der Waals surface area contributed by atoms with Crippen molar-refractivity contribution in [2.24, 2.45) is 5.73 Å². The molecule has 0 aromatic heterocycles. The molecule has 1 aliphatic rings. The van der Waals surface area contributed by atoms with E-state index in [1.807, 2.05) is 35.2 Å². The molecule has 4 nitrogen and oxygen atoms in total. The molecule has 2 aromatic rings. The first-order chi connectivity index (χ1) is 12.0. The van der Waals surface area contributed by atoms with Gasteiger partial charge in [-0.05, 0) is 23.3 Å². The number of likely N-dealkylation sites (tertiary alicyclic amines) is 1. The Morgan fingerprint density at radius 2 is 1.77 bits per heavy atom. The lowest BCUT2D eigenvalue weighted by atomic mass is 9.95. The van der Waals surface area contributed by atoms with Crippen LogP contribution >= 0.6 is 12.4 Å². The molecule has 7 heteroatoms. The van der Waals surface area contributed by atoms with Gasteiger partial charge < -0.3 is 11.1 Å². The molecular formula is C19H22ClF2N3O. The van der Waals surface area contributed by atoms with Crippen LogP contribution in [-0.4, -0.2) is 36.5 Å². The van der Waals surface area contributed by atoms with E-state index in [-0.39, 0.29) is 43.4 Å². The number of carbonyl (C=O) groups is 1. The fourth-order valence-corrected chi connectivity index (χ4v) is 3.27. The highest BCUT2D eigenvalue weighted by molar-refractivity contribution is 5.85. The Bertz CT molecular complexity index is 725. The third-order valence-corrected chi connectivity index (χ3v) is 4.45. The van der Waals surface area contributed by atoms with E-state index in [9.17, 15) is 13.6 Å². The highest BCUT2D eigenvalue weighted by atomic mass is 35.5. The van der Waals surface area contributed by atoms with Gasteiger partial charge in [0.15, 0.2) is 0 Å². The van der Waals surface area contributed by atoms with Gasteiger partial charge in [0.25, 0.3) is 0 Å². The second-order valence-electron chi connectivity index (χ2n) is 6.43. The fourth-order valence-electron chi connectivity index (χ4n) is 3.27. The summed E-state index contributed by atoms with van der Waals surface area (Å²) in [7, 11) is 0. The zero-order valence-corrected chi connectivity index (χ0v) is 15.0. The molecule has 1 saturated heterocycles. The van der Waals surface area contributed by atoms with Gasteiger partial charge >= 0.3 is 0 Å². The molecule has 2 atom stereocenters. The summed E-state index contributed by atoms with van der Waals surface area (Å²) in [5.74, 6) is -1.29. The van der Waals surface area contributed by atoms with Crippen molar-refractivity contribution in [1.82, 2.24) is 10.2 Å². The SMILES string of the molecule is Cl.N[C@@H]1CN(CC(=O)NCc2cc(F)cc(F)c2)C[C@H]1c1ccccc1. The molecule has 26 heavy (non-hydrogen) atoms. The number of benzene rings is 2.